The van der Waals surface area contributed by atoms with Crippen molar-refractivity contribution in [2.45, 2.75) is 26.2 Å². The third-order valence-corrected chi connectivity index (χ3v) is 5.03. The Morgan fingerprint density at radius 1 is 1.07 bits per heavy atom. The maximum atomic E-state index is 12.8. The van der Waals surface area contributed by atoms with Gasteiger partial charge in [-0.25, -0.2) is 0 Å². The van der Waals surface area contributed by atoms with Crippen molar-refractivity contribution in [3.8, 4) is 11.5 Å². The summed E-state index contributed by atoms with van der Waals surface area (Å²) in [5.41, 5.74) is 1.33. The monoisotopic (exact) mass is 452 g/mol. The number of amides is 2. The molecule has 0 fully saturated rings. The Balaban J connectivity index is 2.01. The predicted octanol–water partition coefficient (Wildman–Crippen LogP) is 4.82. The van der Waals surface area contributed by atoms with Crippen molar-refractivity contribution in [2.24, 2.45) is 0 Å². The van der Waals surface area contributed by atoms with Gasteiger partial charge in [-0.3, -0.25) is 9.59 Å². The summed E-state index contributed by atoms with van der Waals surface area (Å²) in [5.74, 6) is 0.961. The van der Waals surface area contributed by atoms with Crippen molar-refractivity contribution in [3.63, 3.8) is 0 Å². The van der Waals surface area contributed by atoms with Gasteiger partial charge in [0.05, 0.1) is 31.5 Å². The molecule has 2 rings (SSSR count). The number of hydrogen-bond donors (Lipinski definition) is 1. The van der Waals surface area contributed by atoms with Crippen LogP contribution in [-0.2, 0) is 16.0 Å². The molecule has 0 radical (unpaired) electrons. The van der Waals surface area contributed by atoms with Crippen LogP contribution in [0.3, 0.4) is 0 Å². The number of nitrogens with one attached hydrogen (secondary N) is 1. The maximum Gasteiger partial charge on any atom is 0.244 e. The summed E-state index contributed by atoms with van der Waals surface area (Å²) in [7, 11) is 3.17. The molecule has 0 heterocycles. The Labute approximate surface area is 187 Å². The highest BCUT2D eigenvalue weighted by Crippen LogP contribution is 2.26. The zero-order valence-corrected chi connectivity index (χ0v) is 18.8. The van der Waals surface area contributed by atoms with E-state index in [1.165, 1.54) is 0 Å². The van der Waals surface area contributed by atoms with Gasteiger partial charge in [-0.15, -0.1) is 0 Å². The fraction of sp³-hybridized carbons (Fsp3) is 0.364. The van der Waals surface area contributed by atoms with Crippen LogP contribution in [0.15, 0.2) is 36.4 Å². The molecule has 0 unspecified atom stereocenters. The lowest BCUT2D eigenvalue weighted by Gasteiger charge is -2.22. The van der Waals surface area contributed by atoms with Gasteiger partial charge in [-0.1, -0.05) is 30.1 Å². The molecule has 0 aromatic heterocycles. The van der Waals surface area contributed by atoms with Gasteiger partial charge in [0.1, 0.15) is 11.5 Å². The first-order chi connectivity index (χ1) is 14.4. The number of carbonyl (C=O) groups is 2. The van der Waals surface area contributed by atoms with Crippen molar-refractivity contribution >= 4 is 40.7 Å². The first kappa shape index (κ1) is 23.8. The van der Waals surface area contributed by atoms with Crippen molar-refractivity contribution in [3.05, 3.63) is 52.0 Å². The van der Waals surface area contributed by atoms with Gasteiger partial charge in [-0.05, 0) is 54.8 Å². The second-order valence-electron chi connectivity index (χ2n) is 6.67. The second-order valence-corrected chi connectivity index (χ2v) is 7.51. The number of aryl methyl sites for hydroxylation is 1. The average molecular weight is 453 g/mol. The molecule has 2 aromatic carbocycles. The third-order valence-electron chi connectivity index (χ3n) is 4.48. The van der Waals surface area contributed by atoms with Crippen molar-refractivity contribution in [2.75, 3.05) is 32.6 Å². The van der Waals surface area contributed by atoms with Crippen LogP contribution in [0.1, 0.15) is 25.3 Å². The van der Waals surface area contributed by atoms with Crippen LogP contribution in [0.5, 0.6) is 11.5 Å². The standard InChI is InChI=1S/C22H26Cl2N2O4/c1-4-11-26(14-21(27)25-19-8-6-16(23)13-18(19)24)22(28)10-5-15-12-17(29-2)7-9-20(15)30-3/h6-9,12-13H,4-5,10-11,14H2,1-3H3,(H,25,27). The van der Waals surface area contributed by atoms with E-state index in [-0.39, 0.29) is 24.8 Å². The van der Waals surface area contributed by atoms with Crippen LogP contribution in [-0.4, -0.2) is 44.0 Å². The van der Waals surface area contributed by atoms with Crippen LogP contribution in [0.25, 0.3) is 0 Å². The molecule has 0 spiro atoms. The van der Waals surface area contributed by atoms with Crippen LogP contribution in [0.2, 0.25) is 10.0 Å². The number of rotatable bonds is 10. The highest BCUT2D eigenvalue weighted by atomic mass is 35.5. The summed E-state index contributed by atoms with van der Waals surface area (Å²) in [6.07, 6.45) is 1.46. The van der Waals surface area contributed by atoms with Gasteiger partial charge >= 0.3 is 0 Å². The summed E-state index contributed by atoms with van der Waals surface area (Å²) in [6, 6.07) is 10.3. The molecular weight excluding hydrogens is 427 g/mol. The Bertz CT molecular complexity index is 889. The fourth-order valence-corrected chi connectivity index (χ4v) is 3.45. The average Bonchev–Trinajstić information content (AvgIpc) is 2.73. The molecule has 162 valence electrons. The first-order valence-corrected chi connectivity index (χ1v) is 10.4. The number of benzene rings is 2. The number of halogens is 2. The lowest BCUT2D eigenvalue weighted by atomic mass is 10.1. The lowest BCUT2D eigenvalue weighted by molar-refractivity contribution is -0.134. The van der Waals surface area contributed by atoms with Crippen LogP contribution >= 0.6 is 23.2 Å². The minimum atomic E-state index is -0.319. The summed E-state index contributed by atoms with van der Waals surface area (Å²) in [5, 5.41) is 3.55. The van der Waals surface area contributed by atoms with Gasteiger partial charge < -0.3 is 19.7 Å². The van der Waals surface area contributed by atoms with Crippen molar-refractivity contribution in [1.29, 1.82) is 0 Å². The van der Waals surface area contributed by atoms with Gasteiger partial charge in [0.15, 0.2) is 0 Å². The maximum absolute atomic E-state index is 12.8. The molecule has 0 aliphatic carbocycles. The number of nitrogens with zero attached hydrogens (tertiary/aromatic N) is 1. The highest BCUT2D eigenvalue weighted by molar-refractivity contribution is 6.36. The number of hydrogen-bond acceptors (Lipinski definition) is 4. The Kier molecular flexibility index (Phi) is 9.27. The summed E-state index contributed by atoms with van der Waals surface area (Å²) >= 11 is 12.0. The molecule has 2 aromatic rings. The molecule has 0 bridgehead atoms. The minimum Gasteiger partial charge on any atom is -0.497 e. The van der Waals surface area contributed by atoms with Crippen molar-refractivity contribution in [1.82, 2.24) is 4.90 Å². The topological polar surface area (TPSA) is 67.9 Å². The Hall–Kier alpha value is -2.44. The van der Waals surface area contributed by atoms with E-state index in [0.29, 0.717) is 40.2 Å². The van der Waals surface area contributed by atoms with Crippen LogP contribution in [0.4, 0.5) is 5.69 Å². The largest absolute Gasteiger partial charge is 0.497 e. The van der Waals surface area contributed by atoms with Crippen LogP contribution < -0.4 is 14.8 Å². The number of methoxy groups -OCH3 is 2. The highest BCUT2D eigenvalue weighted by Gasteiger charge is 2.18. The second kappa shape index (κ2) is 11.7. The quantitative estimate of drug-likeness (QED) is 0.560. The first-order valence-electron chi connectivity index (χ1n) is 9.61. The molecule has 0 aliphatic heterocycles. The number of carbonyl (C=O) groups excluding carboxylic acids is 2. The third kappa shape index (κ3) is 6.82. The molecule has 2 amide bonds. The Morgan fingerprint density at radius 3 is 2.47 bits per heavy atom. The molecule has 0 saturated heterocycles. The van der Waals surface area contributed by atoms with Gasteiger partial charge in [0.25, 0.3) is 0 Å². The molecule has 8 heteroatoms. The molecule has 6 nitrogen and oxygen atoms in total. The molecule has 0 saturated carbocycles. The molecule has 0 aliphatic rings. The van der Waals surface area contributed by atoms with E-state index in [2.05, 4.69) is 5.32 Å². The minimum absolute atomic E-state index is 0.0547. The Morgan fingerprint density at radius 2 is 1.83 bits per heavy atom. The van der Waals surface area contributed by atoms with E-state index in [1.54, 1.807) is 43.4 Å². The molecular formula is C22H26Cl2N2O4. The van der Waals surface area contributed by atoms with E-state index >= 15 is 0 Å². The zero-order valence-electron chi connectivity index (χ0n) is 17.3. The van der Waals surface area contributed by atoms with E-state index in [0.717, 1.165) is 12.0 Å². The molecule has 0 atom stereocenters. The van der Waals surface area contributed by atoms with E-state index in [4.69, 9.17) is 32.7 Å². The summed E-state index contributed by atoms with van der Waals surface area (Å²) in [6.45, 7) is 2.38. The van der Waals surface area contributed by atoms with Crippen LogP contribution in [0, 0.1) is 0 Å². The summed E-state index contributed by atoms with van der Waals surface area (Å²) < 4.78 is 10.6. The smallest absolute Gasteiger partial charge is 0.244 e. The predicted molar refractivity (Wildman–Crippen MR) is 120 cm³/mol. The van der Waals surface area contributed by atoms with E-state index in [1.807, 2.05) is 19.1 Å². The van der Waals surface area contributed by atoms with Gasteiger partial charge in [0.2, 0.25) is 11.8 Å². The summed E-state index contributed by atoms with van der Waals surface area (Å²) in [4.78, 5) is 26.8. The van der Waals surface area contributed by atoms with Crippen molar-refractivity contribution < 1.29 is 19.1 Å². The number of ether oxygens (including phenoxy) is 2. The van der Waals surface area contributed by atoms with E-state index < -0.39 is 0 Å². The normalized spacial score (nSPS) is 10.4. The SMILES string of the molecule is CCCN(CC(=O)Nc1ccc(Cl)cc1Cl)C(=O)CCc1cc(OC)ccc1OC. The number of anilines is 1. The molecule has 1 N–H and O–H groups in total. The van der Waals surface area contributed by atoms with E-state index in [9.17, 15) is 9.59 Å². The van der Waals surface area contributed by atoms with Gasteiger partial charge in [0, 0.05) is 18.0 Å². The zero-order chi connectivity index (χ0) is 22.1. The van der Waals surface area contributed by atoms with Gasteiger partial charge in [-0.2, -0.15) is 0 Å². The lowest BCUT2D eigenvalue weighted by Crippen LogP contribution is -2.38. The fourth-order valence-electron chi connectivity index (χ4n) is 2.99. The molecule has 30 heavy (non-hydrogen) atoms.